The number of carbonyl (C=O) groups excluding carboxylic acids is 1. The van der Waals surface area contributed by atoms with Gasteiger partial charge in [-0.2, -0.15) is 0 Å². The van der Waals surface area contributed by atoms with Crippen molar-refractivity contribution in [1.29, 1.82) is 0 Å². The van der Waals surface area contributed by atoms with Crippen LogP contribution in [0.5, 0.6) is 0 Å². The number of rotatable bonds is 6. The van der Waals surface area contributed by atoms with Gasteiger partial charge in [0.15, 0.2) is 0 Å². The summed E-state index contributed by atoms with van der Waals surface area (Å²) in [7, 11) is 0. The van der Waals surface area contributed by atoms with Gasteiger partial charge >= 0.3 is 5.97 Å². The van der Waals surface area contributed by atoms with Crippen LogP contribution in [0.3, 0.4) is 0 Å². The molecule has 0 radical (unpaired) electrons. The lowest BCUT2D eigenvalue weighted by molar-refractivity contribution is -0.143. The standard InChI is InChI=1S/C11H21NO3/c1-5-11(3,4)7-12-9(13)6-8(2)10(14)15/h8H,5-7H2,1-4H3,(H,12,13)(H,14,15). The first-order valence-corrected chi connectivity index (χ1v) is 5.28. The number of carboxylic acids is 1. The molecule has 0 aromatic heterocycles. The van der Waals surface area contributed by atoms with Gasteiger partial charge in [-0.25, -0.2) is 0 Å². The maximum absolute atomic E-state index is 11.3. The number of amides is 1. The van der Waals surface area contributed by atoms with Crippen molar-refractivity contribution in [1.82, 2.24) is 5.32 Å². The van der Waals surface area contributed by atoms with Crippen LogP contribution >= 0.6 is 0 Å². The Morgan fingerprint density at radius 2 is 1.93 bits per heavy atom. The highest BCUT2D eigenvalue weighted by Crippen LogP contribution is 2.17. The van der Waals surface area contributed by atoms with Crippen LogP contribution in [-0.4, -0.2) is 23.5 Å². The third kappa shape index (κ3) is 6.10. The summed E-state index contributed by atoms with van der Waals surface area (Å²) in [5.41, 5.74) is 0.0715. The zero-order chi connectivity index (χ0) is 12.1. The number of nitrogens with one attached hydrogen (secondary N) is 1. The summed E-state index contributed by atoms with van der Waals surface area (Å²) in [4.78, 5) is 21.9. The van der Waals surface area contributed by atoms with E-state index in [2.05, 4.69) is 26.1 Å². The molecule has 1 unspecified atom stereocenters. The fourth-order valence-corrected chi connectivity index (χ4v) is 0.900. The average molecular weight is 215 g/mol. The Morgan fingerprint density at radius 1 is 1.40 bits per heavy atom. The van der Waals surface area contributed by atoms with Gasteiger partial charge in [0.1, 0.15) is 0 Å². The van der Waals surface area contributed by atoms with Crippen molar-refractivity contribution < 1.29 is 14.7 Å². The second-order valence-electron chi connectivity index (χ2n) is 4.74. The van der Waals surface area contributed by atoms with Crippen molar-refractivity contribution >= 4 is 11.9 Å². The van der Waals surface area contributed by atoms with Crippen LogP contribution in [0.4, 0.5) is 0 Å². The molecule has 1 amide bonds. The predicted octanol–water partition coefficient (Wildman–Crippen LogP) is 1.65. The van der Waals surface area contributed by atoms with E-state index >= 15 is 0 Å². The second-order valence-corrected chi connectivity index (χ2v) is 4.74. The van der Waals surface area contributed by atoms with Gasteiger partial charge in [-0.15, -0.1) is 0 Å². The van der Waals surface area contributed by atoms with Crippen molar-refractivity contribution in [3.63, 3.8) is 0 Å². The van der Waals surface area contributed by atoms with E-state index in [1.807, 2.05) is 0 Å². The van der Waals surface area contributed by atoms with Crippen LogP contribution in [0.25, 0.3) is 0 Å². The SMILES string of the molecule is CCC(C)(C)CNC(=O)CC(C)C(=O)O. The van der Waals surface area contributed by atoms with E-state index in [1.54, 1.807) is 0 Å². The van der Waals surface area contributed by atoms with Crippen LogP contribution in [0, 0.1) is 11.3 Å². The molecule has 88 valence electrons. The smallest absolute Gasteiger partial charge is 0.306 e. The first-order chi connectivity index (χ1) is 6.78. The molecular weight excluding hydrogens is 194 g/mol. The highest BCUT2D eigenvalue weighted by atomic mass is 16.4. The van der Waals surface area contributed by atoms with Gasteiger partial charge in [-0.3, -0.25) is 9.59 Å². The summed E-state index contributed by atoms with van der Waals surface area (Å²) in [6.07, 6.45) is 1.02. The summed E-state index contributed by atoms with van der Waals surface area (Å²) in [6, 6.07) is 0. The van der Waals surface area contributed by atoms with E-state index in [0.29, 0.717) is 6.54 Å². The number of carboxylic acid groups (broad SMARTS) is 1. The first-order valence-electron chi connectivity index (χ1n) is 5.28. The Hall–Kier alpha value is -1.06. The lowest BCUT2D eigenvalue weighted by Crippen LogP contribution is -2.35. The topological polar surface area (TPSA) is 66.4 Å². The molecule has 0 aliphatic carbocycles. The molecule has 0 aliphatic rings. The van der Waals surface area contributed by atoms with E-state index < -0.39 is 11.9 Å². The van der Waals surface area contributed by atoms with Gasteiger partial charge < -0.3 is 10.4 Å². The van der Waals surface area contributed by atoms with Crippen molar-refractivity contribution in [3.8, 4) is 0 Å². The van der Waals surface area contributed by atoms with E-state index in [4.69, 9.17) is 5.11 Å². The zero-order valence-corrected chi connectivity index (χ0v) is 9.96. The molecule has 0 saturated heterocycles. The Balaban J connectivity index is 3.91. The normalized spacial score (nSPS) is 13.3. The first kappa shape index (κ1) is 13.9. The van der Waals surface area contributed by atoms with Crippen LogP contribution < -0.4 is 5.32 Å². The Labute approximate surface area is 91.1 Å². The maximum Gasteiger partial charge on any atom is 0.306 e. The molecule has 0 aromatic carbocycles. The molecule has 0 rings (SSSR count). The van der Waals surface area contributed by atoms with E-state index in [0.717, 1.165) is 6.42 Å². The third-order valence-corrected chi connectivity index (χ3v) is 2.63. The predicted molar refractivity (Wildman–Crippen MR) is 58.5 cm³/mol. The molecule has 0 aromatic rings. The minimum atomic E-state index is -0.931. The number of aliphatic carboxylic acids is 1. The molecule has 0 aliphatic heterocycles. The van der Waals surface area contributed by atoms with Crippen molar-refractivity contribution in [2.24, 2.45) is 11.3 Å². The van der Waals surface area contributed by atoms with E-state index in [1.165, 1.54) is 6.92 Å². The van der Waals surface area contributed by atoms with Gasteiger partial charge in [0, 0.05) is 13.0 Å². The molecule has 2 N–H and O–H groups in total. The zero-order valence-electron chi connectivity index (χ0n) is 9.96. The minimum absolute atomic E-state index is 0.0507. The number of hydrogen-bond acceptors (Lipinski definition) is 2. The monoisotopic (exact) mass is 215 g/mol. The Kier molecular flexibility index (Phi) is 5.33. The van der Waals surface area contributed by atoms with Gasteiger partial charge in [0.25, 0.3) is 0 Å². The molecular formula is C11H21NO3. The highest BCUT2D eigenvalue weighted by molar-refractivity contribution is 5.81. The van der Waals surface area contributed by atoms with Crippen molar-refractivity contribution in [2.75, 3.05) is 6.54 Å². The second kappa shape index (κ2) is 5.73. The van der Waals surface area contributed by atoms with Gasteiger partial charge in [-0.05, 0) is 11.8 Å². The molecule has 0 bridgehead atoms. The van der Waals surface area contributed by atoms with Gasteiger partial charge in [0.05, 0.1) is 5.92 Å². The maximum atomic E-state index is 11.3. The average Bonchev–Trinajstić information content (AvgIpc) is 2.15. The summed E-state index contributed by atoms with van der Waals surface area (Å²) >= 11 is 0. The largest absolute Gasteiger partial charge is 0.481 e. The molecule has 15 heavy (non-hydrogen) atoms. The third-order valence-electron chi connectivity index (χ3n) is 2.63. The van der Waals surface area contributed by atoms with Gasteiger partial charge in [0.2, 0.25) is 5.91 Å². The van der Waals surface area contributed by atoms with Crippen LogP contribution in [0.2, 0.25) is 0 Å². The summed E-state index contributed by atoms with van der Waals surface area (Å²) in [6.45, 7) is 8.31. The summed E-state index contributed by atoms with van der Waals surface area (Å²) < 4.78 is 0. The van der Waals surface area contributed by atoms with Crippen LogP contribution in [0.15, 0.2) is 0 Å². The van der Waals surface area contributed by atoms with Gasteiger partial charge in [-0.1, -0.05) is 27.7 Å². The Bertz CT molecular complexity index is 236. The lowest BCUT2D eigenvalue weighted by atomic mass is 9.90. The molecule has 4 nitrogen and oxygen atoms in total. The highest BCUT2D eigenvalue weighted by Gasteiger charge is 2.19. The fraction of sp³-hybridized carbons (Fsp3) is 0.818. The number of hydrogen-bond donors (Lipinski definition) is 2. The van der Waals surface area contributed by atoms with Crippen molar-refractivity contribution in [3.05, 3.63) is 0 Å². The minimum Gasteiger partial charge on any atom is -0.481 e. The summed E-state index contributed by atoms with van der Waals surface area (Å²) in [5.74, 6) is -1.74. The van der Waals surface area contributed by atoms with Crippen LogP contribution in [-0.2, 0) is 9.59 Å². The molecule has 1 atom stereocenters. The molecule has 0 heterocycles. The Morgan fingerprint density at radius 3 is 2.33 bits per heavy atom. The molecule has 4 heteroatoms. The van der Waals surface area contributed by atoms with Crippen molar-refractivity contribution in [2.45, 2.75) is 40.5 Å². The number of carbonyl (C=O) groups is 2. The van der Waals surface area contributed by atoms with Crippen LogP contribution in [0.1, 0.15) is 40.5 Å². The lowest BCUT2D eigenvalue weighted by Gasteiger charge is -2.23. The van der Waals surface area contributed by atoms with E-state index in [-0.39, 0.29) is 17.7 Å². The molecule has 0 spiro atoms. The quantitative estimate of drug-likeness (QED) is 0.708. The fourth-order valence-electron chi connectivity index (χ4n) is 0.900. The van der Waals surface area contributed by atoms with E-state index in [9.17, 15) is 9.59 Å². The molecule has 0 saturated carbocycles. The molecule has 0 fully saturated rings. The summed E-state index contributed by atoms with van der Waals surface area (Å²) in [5, 5.41) is 11.4.